The lowest BCUT2D eigenvalue weighted by molar-refractivity contribution is -0.120. The van der Waals surface area contributed by atoms with Gasteiger partial charge in [-0.2, -0.15) is 0 Å². The van der Waals surface area contributed by atoms with Crippen molar-refractivity contribution >= 4 is 35.8 Å². The number of nitrogens with zero attached hydrogens (tertiary/aromatic N) is 1. The first-order valence-corrected chi connectivity index (χ1v) is 8.58. The van der Waals surface area contributed by atoms with Gasteiger partial charge in [0.25, 0.3) is 0 Å². The maximum Gasteiger partial charge on any atom is 0.221 e. The summed E-state index contributed by atoms with van der Waals surface area (Å²) >= 11 is 0. The van der Waals surface area contributed by atoms with Crippen molar-refractivity contribution in [1.82, 2.24) is 16.0 Å². The van der Waals surface area contributed by atoms with Gasteiger partial charge in [-0.1, -0.05) is 37.3 Å². The number of halogens is 1. The molecule has 6 nitrogen and oxygen atoms in total. The topological polar surface area (TPSA) is 74.8 Å². The van der Waals surface area contributed by atoms with Gasteiger partial charge in [0.05, 0.1) is 6.54 Å². The van der Waals surface area contributed by atoms with Crippen LogP contribution in [0, 0.1) is 0 Å². The number of carbonyl (C=O) groups excluding carboxylic acids is 1. The molecule has 0 saturated carbocycles. The Morgan fingerprint density at radius 2 is 1.80 bits per heavy atom. The third-order valence-corrected chi connectivity index (χ3v) is 3.30. The van der Waals surface area contributed by atoms with Crippen LogP contribution in [0.25, 0.3) is 0 Å². The minimum Gasteiger partial charge on any atom is -0.385 e. The number of hydrogen-bond acceptors (Lipinski definition) is 3. The number of benzene rings is 1. The van der Waals surface area contributed by atoms with Crippen molar-refractivity contribution in [1.29, 1.82) is 0 Å². The van der Waals surface area contributed by atoms with Gasteiger partial charge in [0.1, 0.15) is 0 Å². The molecule has 0 heterocycles. The Balaban J connectivity index is 0.00000576. The SMILES string of the molecule is CCCNC(=O)CCNC(=NCc1ccccc1)NCCCOC.I. The van der Waals surface area contributed by atoms with Gasteiger partial charge in [-0.05, 0) is 18.4 Å². The number of ether oxygens (including phenoxy) is 1. The highest BCUT2D eigenvalue weighted by atomic mass is 127. The summed E-state index contributed by atoms with van der Waals surface area (Å²) in [6.45, 7) is 5.40. The minimum atomic E-state index is 0. The molecule has 3 N–H and O–H groups in total. The van der Waals surface area contributed by atoms with E-state index in [4.69, 9.17) is 4.74 Å². The van der Waals surface area contributed by atoms with Crippen LogP contribution in [0.1, 0.15) is 31.7 Å². The normalized spacial score (nSPS) is 10.7. The van der Waals surface area contributed by atoms with E-state index in [-0.39, 0.29) is 29.9 Å². The molecule has 0 fully saturated rings. The van der Waals surface area contributed by atoms with Gasteiger partial charge < -0.3 is 20.7 Å². The zero-order valence-electron chi connectivity index (χ0n) is 15.2. The van der Waals surface area contributed by atoms with E-state index in [9.17, 15) is 4.79 Å². The fourth-order valence-corrected chi connectivity index (χ4v) is 2.00. The zero-order valence-corrected chi connectivity index (χ0v) is 17.5. The zero-order chi connectivity index (χ0) is 17.5. The Hall–Kier alpha value is -1.35. The molecule has 0 radical (unpaired) electrons. The van der Waals surface area contributed by atoms with Gasteiger partial charge >= 0.3 is 0 Å². The van der Waals surface area contributed by atoms with Crippen LogP contribution >= 0.6 is 24.0 Å². The number of rotatable bonds is 11. The molecule has 1 aromatic rings. The summed E-state index contributed by atoms with van der Waals surface area (Å²) in [5, 5.41) is 9.35. The van der Waals surface area contributed by atoms with Crippen molar-refractivity contribution in [3.63, 3.8) is 0 Å². The van der Waals surface area contributed by atoms with Crippen LogP contribution in [-0.2, 0) is 16.1 Å². The Kier molecular flexibility index (Phi) is 15.3. The van der Waals surface area contributed by atoms with Gasteiger partial charge in [-0.3, -0.25) is 4.79 Å². The second kappa shape index (κ2) is 16.1. The molecule has 0 saturated heterocycles. The van der Waals surface area contributed by atoms with Crippen LogP contribution in [0.2, 0.25) is 0 Å². The summed E-state index contributed by atoms with van der Waals surface area (Å²) in [5.41, 5.74) is 1.15. The molecule has 0 unspecified atom stereocenters. The quantitative estimate of drug-likeness (QED) is 0.204. The number of methoxy groups -OCH3 is 1. The third kappa shape index (κ3) is 12.6. The van der Waals surface area contributed by atoms with Crippen molar-refractivity contribution in [3.05, 3.63) is 35.9 Å². The van der Waals surface area contributed by atoms with Gasteiger partial charge in [0, 0.05) is 39.8 Å². The van der Waals surface area contributed by atoms with Crippen LogP contribution in [0.5, 0.6) is 0 Å². The molecule has 0 aliphatic rings. The van der Waals surface area contributed by atoms with E-state index in [1.54, 1.807) is 7.11 Å². The lowest BCUT2D eigenvalue weighted by Crippen LogP contribution is -2.40. The van der Waals surface area contributed by atoms with Gasteiger partial charge in [0.15, 0.2) is 5.96 Å². The molecule has 0 bridgehead atoms. The first-order valence-electron chi connectivity index (χ1n) is 8.58. The molecule has 1 rings (SSSR count). The van der Waals surface area contributed by atoms with Gasteiger partial charge in [-0.25, -0.2) is 4.99 Å². The monoisotopic (exact) mass is 462 g/mol. The molecule has 7 heteroatoms. The second-order valence-electron chi connectivity index (χ2n) is 5.45. The third-order valence-electron chi connectivity index (χ3n) is 3.30. The molecule has 0 spiro atoms. The molecular formula is C18H31IN4O2. The smallest absolute Gasteiger partial charge is 0.221 e. The summed E-state index contributed by atoms with van der Waals surface area (Å²) in [4.78, 5) is 16.2. The van der Waals surface area contributed by atoms with E-state index in [2.05, 4.69) is 20.9 Å². The molecule has 0 aromatic heterocycles. The average Bonchev–Trinajstić information content (AvgIpc) is 2.61. The Morgan fingerprint density at radius 3 is 2.48 bits per heavy atom. The number of hydrogen-bond donors (Lipinski definition) is 3. The summed E-state index contributed by atoms with van der Waals surface area (Å²) in [6.07, 6.45) is 2.29. The Morgan fingerprint density at radius 1 is 1.08 bits per heavy atom. The van der Waals surface area contributed by atoms with Crippen LogP contribution in [0.3, 0.4) is 0 Å². The molecule has 1 amide bonds. The number of guanidine groups is 1. The average molecular weight is 462 g/mol. The van der Waals surface area contributed by atoms with E-state index in [0.717, 1.165) is 37.5 Å². The number of carbonyl (C=O) groups is 1. The summed E-state index contributed by atoms with van der Waals surface area (Å²) in [5.74, 6) is 0.782. The first kappa shape index (κ1) is 23.6. The number of aliphatic imine (C=N–C) groups is 1. The standard InChI is InChI=1S/C18H30N4O2.HI/c1-3-11-19-17(23)10-13-21-18(20-12-7-14-24-2)22-15-16-8-5-4-6-9-16;/h4-6,8-9H,3,7,10-15H2,1-2H3,(H,19,23)(H2,20,21,22);1H. The molecule has 0 aliphatic carbocycles. The molecule has 142 valence electrons. The van der Waals surface area contributed by atoms with Crippen LogP contribution in [0.15, 0.2) is 35.3 Å². The number of amides is 1. The van der Waals surface area contributed by atoms with E-state index >= 15 is 0 Å². The largest absolute Gasteiger partial charge is 0.385 e. The van der Waals surface area contributed by atoms with E-state index in [0.29, 0.717) is 26.1 Å². The van der Waals surface area contributed by atoms with Crippen molar-refractivity contribution in [3.8, 4) is 0 Å². The Bertz CT molecular complexity index is 483. The van der Waals surface area contributed by atoms with E-state index < -0.39 is 0 Å². The molecule has 1 aromatic carbocycles. The molecule has 0 aliphatic heterocycles. The maximum absolute atomic E-state index is 11.6. The first-order chi connectivity index (χ1) is 11.8. The molecule has 0 atom stereocenters. The van der Waals surface area contributed by atoms with Crippen LogP contribution in [-0.4, -0.2) is 45.2 Å². The number of nitrogens with one attached hydrogen (secondary N) is 3. The lowest BCUT2D eigenvalue weighted by atomic mass is 10.2. The highest BCUT2D eigenvalue weighted by Gasteiger charge is 2.02. The Labute approximate surface area is 168 Å². The van der Waals surface area contributed by atoms with Crippen molar-refractivity contribution < 1.29 is 9.53 Å². The maximum atomic E-state index is 11.6. The summed E-state index contributed by atoms with van der Waals surface area (Å²) in [6, 6.07) is 10.1. The van der Waals surface area contributed by atoms with E-state index in [1.165, 1.54) is 0 Å². The second-order valence-corrected chi connectivity index (χ2v) is 5.45. The fourth-order valence-electron chi connectivity index (χ4n) is 2.00. The summed E-state index contributed by atoms with van der Waals surface area (Å²) in [7, 11) is 1.69. The van der Waals surface area contributed by atoms with Crippen LogP contribution < -0.4 is 16.0 Å². The highest BCUT2D eigenvalue weighted by molar-refractivity contribution is 14.0. The van der Waals surface area contributed by atoms with Gasteiger partial charge in [0.2, 0.25) is 5.91 Å². The fraction of sp³-hybridized carbons (Fsp3) is 0.556. The van der Waals surface area contributed by atoms with Crippen molar-refractivity contribution in [2.75, 3.05) is 33.4 Å². The highest BCUT2D eigenvalue weighted by Crippen LogP contribution is 1.99. The van der Waals surface area contributed by atoms with E-state index in [1.807, 2.05) is 37.3 Å². The van der Waals surface area contributed by atoms with Crippen LogP contribution in [0.4, 0.5) is 0 Å². The minimum absolute atomic E-state index is 0. The summed E-state index contributed by atoms with van der Waals surface area (Å²) < 4.78 is 5.05. The van der Waals surface area contributed by atoms with Crippen molar-refractivity contribution in [2.45, 2.75) is 32.7 Å². The molecule has 25 heavy (non-hydrogen) atoms. The predicted molar refractivity (Wildman–Crippen MR) is 113 cm³/mol. The van der Waals surface area contributed by atoms with Gasteiger partial charge in [-0.15, -0.1) is 24.0 Å². The van der Waals surface area contributed by atoms with Crippen molar-refractivity contribution in [2.24, 2.45) is 4.99 Å². The lowest BCUT2D eigenvalue weighted by Gasteiger charge is -2.12. The predicted octanol–water partition coefficient (Wildman–Crippen LogP) is 2.29. The molecular weight excluding hydrogens is 431 g/mol.